The highest BCUT2D eigenvalue weighted by molar-refractivity contribution is 5.81. The molecule has 1 aromatic carbocycles. The molecule has 1 aromatic rings. The average molecular weight is 276 g/mol. The highest BCUT2D eigenvalue weighted by Crippen LogP contribution is 2.24. The largest absolute Gasteiger partial charge is 0.358 e. The van der Waals surface area contributed by atoms with Gasteiger partial charge in [0, 0.05) is 13.1 Å². The van der Waals surface area contributed by atoms with E-state index in [0.717, 1.165) is 0 Å². The van der Waals surface area contributed by atoms with Crippen LogP contribution < -0.4 is 10.6 Å². The lowest BCUT2D eigenvalue weighted by Gasteiger charge is -2.26. The molecule has 0 aromatic heterocycles. The van der Waals surface area contributed by atoms with Crippen molar-refractivity contribution < 1.29 is 4.79 Å². The molecule has 0 spiro atoms. The molecule has 0 saturated heterocycles. The van der Waals surface area contributed by atoms with Gasteiger partial charge in [0.2, 0.25) is 5.91 Å². The molecule has 0 aliphatic rings. The summed E-state index contributed by atoms with van der Waals surface area (Å²) in [5.74, 6) is 0.987. The maximum absolute atomic E-state index is 11.7. The lowest BCUT2D eigenvalue weighted by Crippen LogP contribution is -2.43. The molecule has 0 aliphatic carbocycles. The van der Waals surface area contributed by atoms with E-state index in [-0.39, 0.29) is 18.0 Å². The molecule has 3 heteroatoms. The number of carbonyl (C=O) groups is 1. The Morgan fingerprint density at radius 2 is 1.45 bits per heavy atom. The van der Waals surface area contributed by atoms with E-state index in [9.17, 15) is 4.79 Å². The average Bonchev–Trinajstić information content (AvgIpc) is 2.43. The summed E-state index contributed by atoms with van der Waals surface area (Å²) in [6.07, 6.45) is 0. The molecule has 1 rings (SSSR count). The van der Waals surface area contributed by atoms with Crippen molar-refractivity contribution in [3.8, 4) is 0 Å². The van der Waals surface area contributed by atoms with Crippen LogP contribution in [-0.2, 0) is 4.79 Å². The monoisotopic (exact) mass is 276 g/mol. The molecule has 0 radical (unpaired) electrons. The molecule has 112 valence electrons. The third-order valence-electron chi connectivity index (χ3n) is 3.70. The third kappa shape index (κ3) is 4.34. The van der Waals surface area contributed by atoms with Crippen LogP contribution in [0, 0.1) is 5.92 Å². The van der Waals surface area contributed by atoms with Crippen molar-refractivity contribution in [3.63, 3.8) is 0 Å². The summed E-state index contributed by atoms with van der Waals surface area (Å²) in [7, 11) is 1.67. The van der Waals surface area contributed by atoms with Gasteiger partial charge < -0.3 is 5.32 Å². The Morgan fingerprint density at radius 1 is 0.950 bits per heavy atom. The zero-order valence-corrected chi connectivity index (χ0v) is 13.5. The predicted octanol–water partition coefficient (Wildman–Crippen LogP) is 3.23. The van der Waals surface area contributed by atoms with Crippen molar-refractivity contribution in [2.24, 2.45) is 5.92 Å². The summed E-state index contributed by atoms with van der Waals surface area (Å²) in [5, 5.41) is 6.10. The van der Waals surface area contributed by atoms with Crippen molar-refractivity contribution >= 4 is 5.91 Å². The van der Waals surface area contributed by atoms with E-state index < -0.39 is 0 Å². The van der Waals surface area contributed by atoms with Crippen molar-refractivity contribution in [3.05, 3.63) is 35.4 Å². The van der Waals surface area contributed by atoms with E-state index in [0.29, 0.717) is 11.8 Å². The second-order valence-corrected chi connectivity index (χ2v) is 6.05. The van der Waals surface area contributed by atoms with Gasteiger partial charge in [-0.1, -0.05) is 52.0 Å². The highest BCUT2D eigenvalue weighted by Gasteiger charge is 2.21. The first kappa shape index (κ1) is 16.7. The van der Waals surface area contributed by atoms with E-state index in [1.807, 2.05) is 6.92 Å². The number of hydrogen-bond donors (Lipinski definition) is 2. The highest BCUT2D eigenvalue weighted by atomic mass is 16.2. The molecule has 1 amide bonds. The van der Waals surface area contributed by atoms with Gasteiger partial charge in [0.25, 0.3) is 0 Å². The van der Waals surface area contributed by atoms with E-state index >= 15 is 0 Å². The number of likely N-dealkylation sites (N-methyl/N-ethyl adjacent to an activating group) is 1. The number of carbonyl (C=O) groups excluding carboxylic acids is 1. The van der Waals surface area contributed by atoms with Gasteiger partial charge in [0.1, 0.15) is 0 Å². The van der Waals surface area contributed by atoms with Gasteiger partial charge in [0.15, 0.2) is 0 Å². The van der Waals surface area contributed by atoms with Crippen LogP contribution in [-0.4, -0.2) is 19.0 Å². The van der Waals surface area contributed by atoms with Crippen LogP contribution in [0.25, 0.3) is 0 Å². The maximum atomic E-state index is 11.7. The molecule has 3 nitrogen and oxygen atoms in total. The fourth-order valence-corrected chi connectivity index (χ4v) is 2.32. The summed E-state index contributed by atoms with van der Waals surface area (Å²) in [6, 6.07) is 8.69. The predicted molar refractivity (Wildman–Crippen MR) is 84.8 cm³/mol. The van der Waals surface area contributed by atoms with Crippen LogP contribution in [0.15, 0.2) is 24.3 Å². The van der Waals surface area contributed by atoms with Gasteiger partial charge in [-0.05, 0) is 29.9 Å². The molecule has 0 unspecified atom stereocenters. The zero-order chi connectivity index (χ0) is 15.3. The number of rotatable bonds is 6. The van der Waals surface area contributed by atoms with E-state index in [1.54, 1.807) is 7.05 Å². The minimum Gasteiger partial charge on any atom is -0.358 e. The first-order valence-electron chi connectivity index (χ1n) is 7.44. The molecule has 0 aliphatic heterocycles. The second-order valence-electron chi connectivity index (χ2n) is 6.05. The topological polar surface area (TPSA) is 41.1 Å². The van der Waals surface area contributed by atoms with Gasteiger partial charge in [-0.15, -0.1) is 0 Å². The van der Waals surface area contributed by atoms with Crippen molar-refractivity contribution in [1.29, 1.82) is 0 Å². The van der Waals surface area contributed by atoms with Crippen LogP contribution in [0.3, 0.4) is 0 Å². The molecule has 0 fully saturated rings. The van der Waals surface area contributed by atoms with Crippen LogP contribution in [0.2, 0.25) is 0 Å². The first-order chi connectivity index (χ1) is 9.36. The van der Waals surface area contributed by atoms with Crippen molar-refractivity contribution in [2.75, 3.05) is 7.05 Å². The molecule has 0 saturated carbocycles. The van der Waals surface area contributed by atoms with Crippen molar-refractivity contribution in [2.45, 2.75) is 52.6 Å². The summed E-state index contributed by atoms with van der Waals surface area (Å²) in [5.41, 5.74) is 2.58. The van der Waals surface area contributed by atoms with E-state index in [1.165, 1.54) is 11.1 Å². The maximum Gasteiger partial charge on any atom is 0.236 e. The fourth-order valence-electron chi connectivity index (χ4n) is 2.32. The molecule has 0 bridgehead atoms. The quantitative estimate of drug-likeness (QED) is 0.837. The summed E-state index contributed by atoms with van der Waals surface area (Å²) in [6.45, 7) is 10.6. The van der Waals surface area contributed by atoms with Crippen molar-refractivity contribution in [1.82, 2.24) is 10.6 Å². The summed E-state index contributed by atoms with van der Waals surface area (Å²) >= 11 is 0. The Kier molecular flexibility index (Phi) is 6.21. The molecular weight excluding hydrogens is 248 g/mol. The smallest absolute Gasteiger partial charge is 0.236 e. The molecule has 2 atom stereocenters. The lowest BCUT2D eigenvalue weighted by atomic mass is 9.93. The van der Waals surface area contributed by atoms with Crippen LogP contribution in [0.4, 0.5) is 0 Å². The van der Waals surface area contributed by atoms with Gasteiger partial charge >= 0.3 is 0 Å². The van der Waals surface area contributed by atoms with Crippen LogP contribution >= 0.6 is 0 Å². The molecule has 0 heterocycles. The third-order valence-corrected chi connectivity index (χ3v) is 3.70. The standard InChI is InChI=1S/C17H28N2O/c1-11(2)14-7-9-15(10-8-14)16(12(3)4)19-13(5)17(20)18-6/h7-13,16,19H,1-6H3,(H,18,20)/t13-,16+/m1/s1. The number of nitrogens with one attached hydrogen (secondary N) is 2. The normalized spacial score (nSPS) is 14.4. The zero-order valence-electron chi connectivity index (χ0n) is 13.5. The first-order valence-corrected chi connectivity index (χ1v) is 7.44. The Hall–Kier alpha value is -1.35. The Morgan fingerprint density at radius 3 is 1.85 bits per heavy atom. The van der Waals surface area contributed by atoms with E-state index in [2.05, 4.69) is 62.6 Å². The Labute approximate surface area is 123 Å². The second kappa shape index (κ2) is 7.44. The van der Waals surface area contributed by atoms with Gasteiger partial charge in [0.05, 0.1) is 6.04 Å². The fraction of sp³-hybridized carbons (Fsp3) is 0.588. The van der Waals surface area contributed by atoms with Gasteiger partial charge in [-0.2, -0.15) is 0 Å². The summed E-state index contributed by atoms with van der Waals surface area (Å²) < 4.78 is 0. The molecular formula is C17H28N2O. The van der Waals surface area contributed by atoms with E-state index in [4.69, 9.17) is 0 Å². The number of hydrogen-bond acceptors (Lipinski definition) is 2. The minimum atomic E-state index is -0.197. The van der Waals surface area contributed by atoms with Crippen LogP contribution in [0.5, 0.6) is 0 Å². The van der Waals surface area contributed by atoms with Crippen LogP contribution in [0.1, 0.15) is 57.7 Å². The SMILES string of the molecule is CNC(=O)[C@@H](C)N[C@H](c1ccc(C(C)C)cc1)C(C)C. The number of benzene rings is 1. The minimum absolute atomic E-state index is 0.0226. The lowest BCUT2D eigenvalue weighted by molar-refractivity contribution is -0.122. The molecule has 20 heavy (non-hydrogen) atoms. The Balaban J connectivity index is 2.88. The number of amides is 1. The summed E-state index contributed by atoms with van der Waals surface area (Å²) in [4.78, 5) is 11.7. The van der Waals surface area contributed by atoms with Gasteiger partial charge in [-0.25, -0.2) is 0 Å². The molecule has 2 N–H and O–H groups in total. The van der Waals surface area contributed by atoms with Gasteiger partial charge in [-0.3, -0.25) is 10.1 Å². The Bertz CT molecular complexity index is 423.